The number of oxime groups is 1. The molecule has 0 aliphatic heterocycles. The van der Waals surface area contributed by atoms with Crippen LogP contribution in [-0.4, -0.2) is 57.1 Å². The van der Waals surface area contributed by atoms with E-state index in [0.717, 1.165) is 44.2 Å². The van der Waals surface area contributed by atoms with Crippen molar-refractivity contribution in [2.45, 2.75) is 83.3 Å². The largest absolute Gasteiger partial charge is 0.481 e. The van der Waals surface area contributed by atoms with Crippen molar-refractivity contribution in [3.63, 3.8) is 0 Å². The highest BCUT2D eigenvalue weighted by molar-refractivity contribution is 5.96. The van der Waals surface area contributed by atoms with E-state index >= 15 is 0 Å². The van der Waals surface area contributed by atoms with Gasteiger partial charge in [-0.25, -0.2) is 4.79 Å². The number of hydrogen-bond acceptors (Lipinski definition) is 6. The molecule has 0 aromatic carbocycles. The molecule has 0 radical (unpaired) electrons. The molecule has 9 nitrogen and oxygen atoms in total. The maximum absolute atomic E-state index is 12.0. The van der Waals surface area contributed by atoms with Crippen LogP contribution in [0.15, 0.2) is 16.8 Å². The number of carbonyl (C=O) groups is 3. The predicted molar refractivity (Wildman–Crippen MR) is 131 cm³/mol. The van der Waals surface area contributed by atoms with E-state index in [1.807, 2.05) is 0 Å². The number of rotatable bonds is 7. The molecule has 4 aliphatic rings. The van der Waals surface area contributed by atoms with E-state index in [4.69, 9.17) is 21.5 Å². The number of terminal acetylenes is 1. The van der Waals surface area contributed by atoms with E-state index in [1.54, 1.807) is 0 Å². The molecule has 0 aromatic rings. The first-order chi connectivity index (χ1) is 16.9. The number of aliphatic hydroxyl groups is 1. The van der Waals surface area contributed by atoms with Gasteiger partial charge in [0.2, 0.25) is 0 Å². The molecule has 0 spiro atoms. The van der Waals surface area contributed by atoms with Crippen LogP contribution in [0.1, 0.15) is 71.6 Å². The molecular formula is C27H36N2O7. The number of hydrogen-bond donors (Lipinski definition) is 4. The van der Waals surface area contributed by atoms with E-state index in [-0.39, 0.29) is 10.8 Å². The first kappa shape index (κ1) is 26.2. The first-order valence-electron chi connectivity index (χ1n) is 12.8. The molecule has 0 unspecified atom stereocenters. The summed E-state index contributed by atoms with van der Waals surface area (Å²) in [6.45, 7) is 4.05. The molecule has 9 heteroatoms. The molecule has 4 rings (SSSR count). The normalized spacial score (nSPS) is 39.0. The zero-order chi connectivity index (χ0) is 26.3. The number of fused-ring (bicyclic) bond motifs is 5. The van der Waals surface area contributed by atoms with Crippen molar-refractivity contribution in [3.05, 3.63) is 11.6 Å². The van der Waals surface area contributed by atoms with Crippen LogP contribution in [0.4, 0.5) is 0 Å². The van der Waals surface area contributed by atoms with Crippen molar-refractivity contribution < 1.29 is 34.5 Å². The molecule has 0 aromatic heterocycles. The fourth-order valence-electron chi connectivity index (χ4n) is 7.68. The quantitative estimate of drug-likeness (QED) is 0.311. The van der Waals surface area contributed by atoms with Gasteiger partial charge in [-0.1, -0.05) is 30.5 Å². The summed E-state index contributed by atoms with van der Waals surface area (Å²) < 4.78 is 0. The number of carboxylic acid groups (broad SMARTS) is 2. The van der Waals surface area contributed by atoms with Gasteiger partial charge >= 0.3 is 11.9 Å². The van der Waals surface area contributed by atoms with Gasteiger partial charge in [-0.3, -0.25) is 9.59 Å². The zero-order valence-corrected chi connectivity index (χ0v) is 21.0. The molecule has 36 heavy (non-hydrogen) atoms. The van der Waals surface area contributed by atoms with Crippen molar-refractivity contribution in [1.29, 1.82) is 0 Å². The average Bonchev–Trinajstić information content (AvgIpc) is 3.09. The van der Waals surface area contributed by atoms with Gasteiger partial charge in [-0.05, 0) is 80.6 Å². The lowest BCUT2D eigenvalue weighted by Crippen LogP contribution is -2.54. The lowest BCUT2D eigenvalue weighted by molar-refractivity contribution is -0.147. The van der Waals surface area contributed by atoms with E-state index in [9.17, 15) is 19.5 Å². The van der Waals surface area contributed by atoms with Crippen molar-refractivity contribution >= 4 is 23.6 Å². The van der Waals surface area contributed by atoms with E-state index in [1.165, 1.54) is 5.57 Å². The standard InChI is InChI=1S/C27H36N2O7/c1-4-27(35)12-9-20-18-6-5-16-13-17(7-10-25(16,2)19(18)8-11-26(20,27)3)29-36-15-22(30)28-21(24(33)34)14-23(31)32/h1,13,18-21,35H,5-12,14-15H2,2-3H3,(H,28,30)(H,31,32)(H,33,34)/b29-17+/t18-,19-,20+,21-,25-,26-,27+/m0/s1. The molecule has 3 saturated carbocycles. The Balaban J connectivity index is 1.40. The second kappa shape index (κ2) is 9.55. The number of nitrogens with one attached hydrogen (secondary N) is 1. The lowest BCUT2D eigenvalue weighted by atomic mass is 9.46. The number of aliphatic carboxylic acids is 2. The molecule has 196 valence electrons. The Morgan fingerprint density at radius 2 is 1.89 bits per heavy atom. The Bertz CT molecular complexity index is 1050. The monoisotopic (exact) mass is 500 g/mol. The Labute approximate surface area is 211 Å². The molecule has 0 heterocycles. The summed E-state index contributed by atoms with van der Waals surface area (Å²) in [6, 6.07) is -1.52. The topological polar surface area (TPSA) is 146 Å². The summed E-state index contributed by atoms with van der Waals surface area (Å²) in [6.07, 6.45) is 14.4. The third kappa shape index (κ3) is 4.40. The Hall–Kier alpha value is -2.86. The maximum atomic E-state index is 12.0. The van der Waals surface area contributed by atoms with E-state index < -0.39 is 42.5 Å². The summed E-state index contributed by atoms with van der Waals surface area (Å²) in [5.41, 5.74) is 0.928. The van der Waals surface area contributed by atoms with Crippen molar-refractivity contribution in [1.82, 2.24) is 5.32 Å². The molecule has 1 amide bonds. The van der Waals surface area contributed by atoms with Crippen LogP contribution in [0.2, 0.25) is 0 Å². The lowest BCUT2D eigenvalue weighted by Gasteiger charge is -2.58. The molecule has 4 aliphatic carbocycles. The van der Waals surface area contributed by atoms with Gasteiger partial charge in [0.25, 0.3) is 5.91 Å². The number of carboxylic acids is 2. The third-order valence-corrected chi connectivity index (χ3v) is 9.76. The predicted octanol–water partition coefficient (Wildman–Crippen LogP) is 2.73. The summed E-state index contributed by atoms with van der Waals surface area (Å²) in [7, 11) is 0. The summed E-state index contributed by atoms with van der Waals surface area (Å²) >= 11 is 0. The number of nitrogens with zero attached hydrogens (tertiary/aromatic N) is 1. The van der Waals surface area contributed by atoms with Crippen molar-refractivity contribution in [2.24, 2.45) is 33.7 Å². The molecule has 3 fully saturated rings. The van der Waals surface area contributed by atoms with Gasteiger partial charge in [0.15, 0.2) is 6.61 Å². The van der Waals surface area contributed by atoms with Gasteiger partial charge in [-0.15, -0.1) is 6.42 Å². The SMILES string of the molecule is C#C[C@@]1(O)CC[C@@H]2[C@H]3CCC4=C/C(=N/OCC(=O)N[C@@H](CC(=O)O)C(=O)O)CC[C@]4(C)[C@H]3CC[C@@]21C. The molecule has 0 saturated heterocycles. The van der Waals surface area contributed by atoms with Gasteiger partial charge < -0.3 is 25.5 Å². The fraction of sp³-hybridized carbons (Fsp3) is 0.704. The number of amides is 1. The third-order valence-electron chi connectivity index (χ3n) is 9.76. The minimum absolute atomic E-state index is 0.0586. The van der Waals surface area contributed by atoms with Crippen LogP contribution < -0.4 is 5.32 Å². The van der Waals surface area contributed by atoms with Crippen LogP contribution in [-0.2, 0) is 19.2 Å². The van der Waals surface area contributed by atoms with E-state index in [2.05, 4.69) is 36.3 Å². The molecule has 7 atom stereocenters. The van der Waals surface area contributed by atoms with Crippen LogP contribution in [0, 0.1) is 40.9 Å². The van der Waals surface area contributed by atoms with Crippen molar-refractivity contribution in [3.8, 4) is 12.3 Å². The Morgan fingerprint density at radius 3 is 2.56 bits per heavy atom. The second-order valence-corrected chi connectivity index (χ2v) is 11.4. The average molecular weight is 501 g/mol. The van der Waals surface area contributed by atoms with Gasteiger partial charge in [0.1, 0.15) is 11.6 Å². The van der Waals surface area contributed by atoms with Gasteiger partial charge in [0, 0.05) is 5.41 Å². The zero-order valence-electron chi connectivity index (χ0n) is 21.0. The summed E-state index contributed by atoms with van der Waals surface area (Å²) in [5, 5.41) is 35.2. The van der Waals surface area contributed by atoms with Crippen LogP contribution in [0.5, 0.6) is 0 Å². The van der Waals surface area contributed by atoms with Crippen LogP contribution in [0.25, 0.3) is 0 Å². The highest BCUT2D eigenvalue weighted by Gasteiger charge is 2.63. The first-order valence-corrected chi connectivity index (χ1v) is 12.8. The highest BCUT2D eigenvalue weighted by Crippen LogP contribution is 2.67. The molecule has 4 N–H and O–H groups in total. The molecular weight excluding hydrogens is 464 g/mol. The van der Waals surface area contributed by atoms with Gasteiger partial charge in [0.05, 0.1) is 12.1 Å². The van der Waals surface area contributed by atoms with E-state index in [0.29, 0.717) is 30.6 Å². The highest BCUT2D eigenvalue weighted by atomic mass is 16.6. The van der Waals surface area contributed by atoms with Crippen LogP contribution in [0.3, 0.4) is 0 Å². The second-order valence-electron chi connectivity index (χ2n) is 11.4. The Morgan fingerprint density at radius 1 is 1.17 bits per heavy atom. The Kier molecular flexibility index (Phi) is 6.95. The van der Waals surface area contributed by atoms with Crippen molar-refractivity contribution in [2.75, 3.05) is 6.61 Å². The molecule has 0 bridgehead atoms. The summed E-state index contributed by atoms with van der Waals surface area (Å²) in [4.78, 5) is 39.1. The smallest absolute Gasteiger partial charge is 0.326 e. The minimum atomic E-state index is -1.52. The number of carbonyl (C=O) groups excluding carboxylic acids is 1. The minimum Gasteiger partial charge on any atom is -0.481 e. The number of allylic oxidation sites excluding steroid dienone is 2. The summed E-state index contributed by atoms with van der Waals surface area (Å²) in [5.74, 6) is 0.754. The van der Waals surface area contributed by atoms with Crippen LogP contribution >= 0.6 is 0 Å². The maximum Gasteiger partial charge on any atom is 0.326 e. The fourth-order valence-corrected chi connectivity index (χ4v) is 7.68. The van der Waals surface area contributed by atoms with Gasteiger partial charge in [-0.2, -0.15) is 0 Å².